The lowest BCUT2D eigenvalue weighted by Crippen LogP contribution is -2.30. The maximum Gasteiger partial charge on any atom is 0.335 e. The van der Waals surface area contributed by atoms with Gasteiger partial charge in [0.15, 0.2) is 6.10 Å². The topological polar surface area (TPSA) is 72.8 Å². The number of rotatable bonds is 5. The van der Waals surface area contributed by atoms with E-state index in [2.05, 4.69) is 4.74 Å². The van der Waals surface area contributed by atoms with Crippen molar-refractivity contribution in [1.82, 2.24) is 0 Å². The molecule has 0 radical (unpaired) electrons. The molecule has 1 rings (SSSR count). The Hall–Kier alpha value is -1.16. The van der Waals surface area contributed by atoms with Crippen LogP contribution in [0.25, 0.3) is 0 Å². The number of esters is 1. The molecule has 0 saturated heterocycles. The van der Waals surface area contributed by atoms with Gasteiger partial charge in [-0.05, 0) is 26.3 Å². The molecule has 20 heavy (non-hydrogen) atoms. The van der Waals surface area contributed by atoms with Crippen LogP contribution in [0.5, 0.6) is 0 Å². The zero-order valence-corrected chi connectivity index (χ0v) is 13.1. The Kier molecular flexibility index (Phi) is 5.51. The van der Waals surface area contributed by atoms with Crippen molar-refractivity contribution < 1.29 is 23.5 Å². The molecule has 0 fully saturated rings. The second-order valence-electron chi connectivity index (χ2n) is 5.50. The molecule has 0 heterocycles. The molecule has 5 nitrogen and oxygen atoms in total. The molecule has 0 bridgehead atoms. The Morgan fingerprint density at radius 1 is 1.30 bits per heavy atom. The summed E-state index contributed by atoms with van der Waals surface area (Å²) in [5, 5.41) is -0.962. The molecule has 6 heteroatoms. The normalized spacial score (nSPS) is 16.2. The van der Waals surface area contributed by atoms with E-state index in [-0.39, 0.29) is 6.42 Å². The largest absolute Gasteiger partial charge is 0.467 e. The highest BCUT2D eigenvalue weighted by molar-refractivity contribution is 7.54. The third-order valence-electron chi connectivity index (χ3n) is 2.85. The fourth-order valence-corrected chi connectivity index (χ4v) is 2.28. The first-order valence-electron chi connectivity index (χ1n) is 6.30. The Balaban J connectivity index is 2.92. The highest BCUT2D eigenvalue weighted by Crippen LogP contribution is 2.55. The van der Waals surface area contributed by atoms with E-state index in [9.17, 15) is 14.3 Å². The average Bonchev–Trinajstić information content (AvgIpc) is 2.36. The minimum atomic E-state index is -3.94. The van der Waals surface area contributed by atoms with E-state index in [1.807, 2.05) is 30.3 Å². The van der Waals surface area contributed by atoms with Gasteiger partial charge in [-0.15, -0.1) is 0 Å². The van der Waals surface area contributed by atoms with Gasteiger partial charge in [-0.1, -0.05) is 30.3 Å². The molecule has 0 amide bonds. The molecular weight excluding hydrogens is 279 g/mol. The summed E-state index contributed by atoms with van der Waals surface area (Å²) in [7, 11) is -2.71. The van der Waals surface area contributed by atoms with Gasteiger partial charge in [0, 0.05) is 6.42 Å². The quantitative estimate of drug-likeness (QED) is 0.668. The number of methoxy groups -OCH3 is 1. The minimum absolute atomic E-state index is 0.189. The van der Waals surface area contributed by atoms with Crippen LogP contribution < -0.4 is 0 Å². The molecule has 0 aliphatic rings. The number of hydrogen-bond acceptors (Lipinski definition) is 4. The highest BCUT2D eigenvalue weighted by Gasteiger charge is 2.40. The fraction of sp³-hybridized carbons (Fsp3) is 0.500. The lowest BCUT2D eigenvalue weighted by atomic mass is 10.1. The number of carbonyl (C=O) groups excluding carboxylic acids is 1. The van der Waals surface area contributed by atoms with Crippen molar-refractivity contribution >= 4 is 13.6 Å². The molecule has 1 N–H and O–H groups in total. The van der Waals surface area contributed by atoms with Crippen molar-refractivity contribution in [1.29, 1.82) is 0 Å². The van der Waals surface area contributed by atoms with Gasteiger partial charge in [0.25, 0.3) is 0 Å². The summed E-state index contributed by atoms with van der Waals surface area (Å²) in [6.07, 6.45) is -0.911. The monoisotopic (exact) mass is 300 g/mol. The van der Waals surface area contributed by atoms with Crippen molar-refractivity contribution in [3.05, 3.63) is 35.9 Å². The van der Waals surface area contributed by atoms with Gasteiger partial charge in [-0.2, -0.15) is 0 Å². The van der Waals surface area contributed by atoms with E-state index in [1.54, 1.807) is 20.8 Å². The van der Waals surface area contributed by atoms with Gasteiger partial charge in [-0.25, -0.2) is 4.79 Å². The van der Waals surface area contributed by atoms with Gasteiger partial charge >= 0.3 is 13.6 Å². The van der Waals surface area contributed by atoms with E-state index in [0.29, 0.717) is 0 Å². The van der Waals surface area contributed by atoms with E-state index < -0.39 is 24.8 Å². The van der Waals surface area contributed by atoms with Gasteiger partial charge in [-0.3, -0.25) is 9.09 Å². The zero-order valence-electron chi connectivity index (χ0n) is 12.2. The first kappa shape index (κ1) is 16.9. The molecule has 0 spiro atoms. The van der Waals surface area contributed by atoms with Gasteiger partial charge < -0.3 is 9.63 Å². The van der Waals surface area contributed by atoms with Crippen LogP contribution in [-0.4, -0.2) is 29.2 Å². The van der Waals surface area contributed by atoms with Crippen LogP contribution in [0.3, 0.4) is 0 Å². The number of hydrogen-bond donors (Lipinski definition) is 1. The number of carbonyl (C=O) groups is 1. The van der Waals surface area contributed by atoms with E-state index in [4.69, 9.17) is 4.52 Å². The van der Waals surface area contributed by atoms with Crippen molar-refractivity contribution in [2.24, 2.45) is 0 Å². The summed E-state index contributed by atoms with van der Waals surface area (Å²) >= 11 is 0. The first-order chi connectivity index (χ1) is 9.17. The summed E-state index contributed by atoms with van der Waals surface area (Å²) < 4.78 is 22.0. The summed E-state index contributed by atoms with van der Waals surface area (Å²) in [5.41, 5.74) is 0.830. The second-order valence-corrected chi connectivity index (χ2v) is 8.09. The van der Waals surface area contributed by atoms with Crippen LogP contribution in [0.2, 0.25) is 0 Å². The SMILES string of the molecule is COC(=O)[C@H](Cc1ccccc1)OP(=O)(O)C(C)(C)C. The van der Waals surface area contributed by atoms with Crippen LogP contribution in [0, 0.1) is 0 Å². The molecule has 0 aliphatic carbocycles. The fourth-order valence-electron chi connectivity index (χ4n) is 1.45. The molecule has 0 aromatic heterocycles. The molecule has 2 atom stereocenters. The molecule has 0 aliphatic heterocycles. The summed E-state index contributed by atoms with van der Waals surface area (Å²) in [6, 6.07) is 9.14. The molecule has 1 unspecified atom stereocenters. The Labute approximate surface area is 119 Å². The van der Waals surface area contributed by atoms with E-state index >= 15 is 0 Å². The first-order valence-corrected chi connectivity index (χ1v) is 7.88. The second kappa shape index (κ2) is 6.53. The van der Waals surface area contributed by atoms with Crippen LogP contribution in [0.4, 0.5) is 0 Å². The Morgan fingerprint density at radius 2 is 1.85 bits per heavy atom. The molecule has 0 saturated carbocycles. The smallest absolute Gasteiger partial charge is 0.335 e. The minimum Gasteiger partial charge on any atom is -0.467 e. The summed E-state index contributed by atoms with van der Waals surface area (Å²) in [6.45, 7) is 4.76. The maximum absolute atomic E-state index is 12.2. The van der Waals surface area contributed by atoms with Crippen LogP contribution in [0.15, 0.2) is 30.3 Å². The lowest BCUT2D eigenvalue weighted by Gasteiger charge is -2.28. The molecule has 112 valence electrons. The standard InChI is InChI=1S/C14H21O5P/c1-14(2,3)20(16,17)19-12(13(15)18-4)10-11-8-6-5-7-9-11/h5-9,12H,10H2,1-4H3,(H,16,17)/t12-/m0/s1. The number of benzene rings is 1. The predicted octanol–water partition coefficient (Wildman–Crippen LogP) is 2.77. The lowest BCUT2D eigenvalue weighted by molar-refractivity contribution is -0.149. The Bertz CT molecular complexity index is 492. The average molecular weight is 300 g/mol. The van der Waals surface area contributed by atoms with Gasteiger partial charge in [0.05, 0.1) is 12.3 Å². The Morgan fingerprint density at radius 3 is 2.30 bits per heavy atom. The highest BCUT2D eigenvalue weighted by atomic mass is 31.2. The van der Waals surface area contributed by atoms with E-state index in [0.717, 1.165) is 5.56 Å². The summed E-state index contributed by atoms with van der Waals surface area (Å²) in [5.74, 6) is -0.660. The van der Waals surface area contributed by atoms with Gasteiger partial charge in [0.2, 0.25) is 0 Å². The van der Waals surface area contributed by atoms with Crippen molar-refractivity contribution in [3.8, 4) is 0 Å². The maximum atomic E-state index is 12.2. The van der Waals surface area contributed by atoms with Crippen molar-refractivity contribution in [2.45, 2.75) is 38.5 Å². The molecule has 1 aromatic carbocycles. The molecular formula is C14H21O5P. The van der Waals surface area contributed by atoms with Gasteiger partial charge in [0.1, 0.15) is 0 Å². The van der Waals surface area contributed by atoms with Crippen LogP contribution in [-0.2, 0) is 25.0 Å². The van der Waals surface area contributed by atoms with Crippen molar-refractivity contribution in [2.75, 3.05) is 7.11 Å². The zero-order chi connectivity index (χ0) is 15.4. The van der Waals surface area contributed by atoms with Crippen LogP contribution in [0.1, 0.15) is 26.3 Å². The predicted molar refractivity (Wildman–Crippen MR) is 76.6 cm³/mol. The van der Waals surface area contributed by atoms with E-state index in [1.165, 1.54) is 7.11 Å². The summed E-state index contributed by atoms with van der Waals surface area (Å²) in [4.78, 5) is 21.7. The third-order valence-corrected chi connectivity index (χ3v) is 5.08. The third kappa shape index (κ3) is 4.44. The molecule has 1 aromatic rings. The van der Waals surface area contributed by atoms with Crippen LogP contribution >= 0.6 is 7.60 Å². The number of ether oxygens (including phenoxy) is 1. The van der Waals surface area contributed by atoms with Crippen molar-refractivity contribution in [3.63, 3.8) is 0 Å².